The van der Waals surface area contributed by atoms with Gasteiger partial charge in [-0.3, -0.25) is 0 Å². The lowest BCUT2D eigenvalue weighted by Gasteiger charge is -2.23. The topological polar surface area (TPSA) is 140 Å². The molecule has 0 saturated carbocycles. The van der Waals surface area contributed by atoms with Crippen LogP contribution in [0.1, 0.15) is 30.7 Å². The summed E-state index contributed by atoms with van der Waals surface area (Å²) in [5.74, 6) is 0.716. The molecule has 0 aromatic carbocycles. The Morgan fingerprint density at radius 3 is 2.28 bits per heavy atom. The lowest BCUT2D eigenvalue weighted by atomic mass is 10.2. The second-order valence-corrected chi connectivity index (χ2v) is 10.7. The minimum atomic E-state index is -3.84. The number of sulfone groups is 1. The summed E-state index contributed by atoms with van der Waals surface area (Å²) in [6, 6.07) is 4.77. The van der Waals surface area contributed by atoms with E-state index in [0.29, 0.717) is 22.4 Å². The number of halogens is 1. The zero-order valence-electron chi connectivity index (χ0n) is 20.7. The maximum atomic E-state index is 13.5. The minimum absolute atomic E-state index is 0.201. The Balaban J connectivity index is 2.03. The molecule has 0 spiro atoms. The molecule has 0 aliphatic heterocycles. The molecule has 0 N–H and O–H groups in total. The van der Waals surface area contributed by atoms with Crippen molar-refractivity contribution < 1.29 is 27.4 Å². The van der Waals surface area contributed by atoms with Crippen LogP contribution in [-0.2, 0) is 29.8 Å². The average Bonchev–Trinajstić information content (AvgIpc) is 3.28. The SMILES string of the molecule is COCC(COC)n1c(CS(=O)(=O)[C@@H](C)[C@H](OC)c2ncc(Cl)cn2)nnc1-c1cccc(OC)n1. The Labute approximate surface area is 214 Å². The van der Waals surface area contributed by atoms with Gasteiger partial charge in [0.05, 0.1) is 36.6 Å². The average molecular weight is 541 g/mol. The van der Waals surface area contributed by atoms with E-state index in [4.69, 9.17) is 30.5 Å². The first-order valence-electron chi connectivity index (χ1n) is 10.9. The molecule has 0 bridgehead atoms. The normalized spacial score (nSPS) is 13.6. The number of hydrogen-bond donors (Lipinski definition) is 0. The molecule has 14 heteroatoms. The molecule has 36 heavy (non-hydrogen) atoms. The maximum absolute atomic E-state index is 13.5. The third-order valence-corrected chi connectivity index (χ3v) is 7.72. The summed E-state index contributed by atoms with van der Waals surface area (Å²) in [5.41, 5.74) is 0.458. The molecular weight excluding hydrogens is 512 g/mol. The van der Waals surface area contributed by atoms with E-state index in [1.807, 2.05) is 0 Å². The molecule has 3 aromatic heterocycles. The quantitative estimate of drug-likeness (QED) is 0.315. The third kappa shape index (κ3) is 6.34. The van der Waals surface area contributed by atoms with Gasteiger partial charge in [0, 0.05) is 39.8 Å². The zero-order chi connectivity index (χ0) is 26.3. The van der Waals surface area contributed by atoms with Crippen LogP contribution in [0.25, 0.3) is 11.5 Å². The summed E-state index contributed by atoms with van der Waals surface area (Å²) >= 11 is 5.87. The highest BCUT2D eigenvalue weighted by molar-refractivity contribution is 7.91. The van der Waals surface area contributed by atoms with Crippen molar-refractivity contribution in [3.05, 3.63) is 47.3 Å². The van der Waals surface area contributed by atoms with Gasteiger partial charge in [0.15, 0.2) is 21.5 Å². The molecule has 196 valence electrons. The monoisotopic (exact) mass is 540 g/mol. The summed E-state index contributed by atoms with van der Waals surface area (Å²) in [5, 5.41) is 7.82. The first kappa shape index (κ1) is 27.9. The molecule has 0 fully saturated rings. The molecule has 0 aliphatic carbocycles. The lowest BCUT2D eigenvalue weighted by molar-refractivity contribution is 0.0887. The number of pyridine rings is 1. The van der Waals surface area contributed by atoms with Crippen molar-refractivity contribution in [1.29, 1.82) is 0 Å². The van der Waals surface area contributed by atoms with Crippen LogP contribution in [0.4, 0.5) is 0 Å². The maximum Gasteiger partial charge on any atom is 0.213 e. The van der Waals surface area contributed by atoms with Crippen LogP contribution in [-0.4, -0.2) is 85.0 Å². The number of methoxy groups -OCH3 is 4. The predicted molar refractivity (Wildman–Crippen MR) is 131 cm³/mol. The van der Waals surface area contributed by atoms with Crippen molar-refractivity contribution in [1.82, 2.24) is 29.7 Å². The van der Waals surface area contributed by atoms with E-state index in [2.05, 4.69) is 25.1 Å². The van der Waals surface area contributed by atoms with Gasteiger partial charge in [-0.15, -0.1) is 10.2 Å². The first-order chi connectivity index (χ1) is 17.2. The second-order valence-electron chi connectivity index (χ2n) is 7.87. The van der Waals surface area contributed by atoms with Gasteiger partial charge in [0.1, 0.15) is 23.4 Å². The van der Waals surface area contributed by atoms with Gasteiger partial charge < -0.3 is 23.5 Å². The van der Waals surface area contributed by atoms with Crippen molar-refractivity contribution >= 4 is 21.4 Å². The largest absolute Gasteiger partial charge is 0.481 e. The Morgan fingerprint density at radius 1 is 1.03 bits per heavy atom. The van der Waals surface area contributed by atoms with Gasteiger partial charge in [-0.2, -0.15) is 0 Å². The van der Waals surface area contributed by atoms with E-state index in [9.17, 15) is 8.42 Å². The van der Waals surface area contributed by atoms with Crippen molar-refractivity contribution in [3.8, 4) is 17.4 Å². The predicted octanol–water partition coefficient (Wildman–Crippen LogP) is 2.32. The molecule has 2 atom stereocenters. The van der Waals surface area contributed by atoms with Crippen LogP contribution in [0.5, 0.6) is 5.88 Å². The highest BCUT2D eigenvalue weighted by atomic mass is 35.5. The minimum Gasteiger partial charge on any atom is -0.481 e. The molecule has 12 nitrogen and oxygen atoms in total. The van der Waals surface area contributed by atoms with Gasteiger partial charge in [0.25, 0.3) is 0 Å². The molecule has 3 aromatic rings. The number of aromatic nitrogens is 6. The van der Waals surface area contributed by atoms with Crippen LogP contribution < -0.4 is 4.74 Å². The molecule has 0 unspecified atom stereocenters. The summed E-state index contributed by atoms with van der Waals surface area (Å²) in [6.45, 7) is 1.99. The summed E-state index contributed by atoms with van der Waals surface area (Å²) in [4.78, 5) is 12.7. The number of rotatable bonds is 13. The van der Waals surface area contributed by atoms with Crippen molar-refractivity contribution in [3.63, 3.8) is 0 Å². The second kappa shape index (κ2) is 12.5. The molecule has 0 aliphatic rings. The van der Waals surface area contributed by atoms with Crippen molar-refractivity contribution in [2.24, 2.45) is 0 Å². The number of hydrogen-bond acceptors (Lipinski definition) is 11. The fourth-order valence-corrected chi connectivity index (χ4v) is 5.22. The van der Waals surface area contributed by atoms with Gasteiger partial charge in [-0.25, -0.2) is 23.4 Å². The van der Waals surface area contributed by atoms with Crippen molar-refractivity contribution in [2.45, 2.75) is 30.1 Å². The molecule has 3 heterocycles. The summed E-state index contributed by atoms with van der Waals surface area (Å²) in [6.07, 6.45) is 1.86. The van der Waals surface area contributed by atoms with E-state index in [1.54, 1.807) is 37.0 Å². The van der Waals surface area contributed by atoms with Crippen LogP contribution in [0.2, 0.25) is 5.02 Å². The number of ether oxygens (including phenoxy) is 4. The highest BCUT2D eigenvalue weighted by Gasteiger charge is 2.35. The molecule has 0 radical (unpaired) electrons. The summed E-state index contributed by atoms with van der Waals surface area (Å²) in [7, 11) is 2.16. The fraction of sp³-hybridized carbons (Fsp3) is 0.500. The Hall–Kier alpha value is -2.71. The molecule has 0 amide bonds. The Bertz CT molecular complexity index is 1230. The van der Waals surface area contributed by atoms with Gasteiger partial charge in [-0.05, 0) is 13.0 Å². The number of nitrogens with zero attached hydrogens (tertiary/aromatic N) is 6. The Kier molecular flexibility index (Phi) is 9.68. The first-order valence-corrected chi connectivity index (χ1v) is 13.0. The van der Waals surface area contributed by atoms with Gasteiger partial charge in [-0.1, -0.05) is 17.7 Å². The van der Waals surface area contributed by atoms with Crippen LogP contribution >= 0.6 is 11.6 Å². The summed E-state index contributed by atoms with van der Waals surface area (Å²) < 4.78 is 50.2. The van der Waals surface area contributed by atoms with E-state index >= 15 is 0 Å². The Morgan fingerprint density at radius 2 is 1.69 bits per heavy atom. The van der Waals surface area contributed by atoms with Crippen LogP contribution in [0.3, 0.4) is 0 Å². The standard InChI is InChI=1S/C22H29ClN6O6S/c1-14(20(35-5)21-24-9-15(23)10-25-21)36(30,31)13-18-27-28-22(17-7-6-8-19(26-17)34-4)29(18)16(11-32-2)12-33-3/h6-10,14,16,20H,11-13H2,1-5H3/t14-,20-/m0/s1. The third-order valence-electron chi connectivity index (χ3n) is 5.48. The highest BCUT2D eigenvalue weighted by Crippen LogP contribution is 2.28. The molecular formula is C22H29ClN6O6S. The van der Waals surface area contributed by atoms with Crippen LogP contribution in [0.15, 0.2) is 30.6 Å². The smallest absolute Gasteiger partial charge is 0.213 e. The molecule has 0 saturated heterocycles. The molecule has 3 rings (SSSR count). The zero-order valence-corrected chi connectivity index (χ0v) is 22.2. The van der Waals surface area contributed by atoms with E-state index < -0.39 is 33.0 Å². The van der Waals surface area contributed by atoms with E-state index in [0.717, 1.165) is 0 Å². The van der Waals surface area contributed by atoms with Crippen LogP contribution in [0, 0.1) is 0 Å². The van der Waals surface area contributed by atoms with E-state index in [-0.39, 0.29) is 24.9 Å². The van der Waals surface area contributed by atoms with Crippen molar-refractivity contribution in [2.75, 3.05) is 41.7 Å². The van der Waals surface area contributed by atoms with Gasteiger partial charge >= 0.3 is 0 Å². The van der Waals surface area contributed by atoms with E-state index in [1.165, 1.54) is 33.5 Å². The lowest BCUT2D eigenvalue weighted by Crippen LogP contribution is -2.31. The fourth-order valence-electron chi connectivity index (χ4n) is 3.69. The van der Waals surface area contributed by atoms with Gasteiger partial charge in [0.2, 0.25) is 5.88 Å².